The van der Waals surface area contributed by atoms with Crippen LogP contribution in [0.3, 0.4) is 0 Å². The Kier molecular flexibility index (Phi) is 7.76. The van der Waals surface area contributed by atoms with E-state index in [0.29, 0.717) is 0 Å². The lowest BCUT2D eigenvalue weighted by Gasteiger charge is -2.30. The topological polar surface area (TPSA) is 3.24 Å². The quantitative estimate of drug-likeness (QED) is 0.167. The van der Waals surface area contributed by atoms with Crippen LogP contribution in [-0.4, -0.2) is 0 Å². The van der Waals surface area contributed by atoms with Crippen molar-refractivity contribution in [1.82, 2.24) is 0 Å². The first-order chi connectivity index (χ1) is 30.5. The zero-order chi connectivity index (χ0) is 41.2. The van der Waals surface area contributed by atoms with Gasteiger partial charge in [-0.05, 0) is 127 Å². The highest BCUT2D eigenvalue weighted by Crippen LogP contribution is 2.59. The van der Waals surface area contributed by atoms with Crippen molar-refractivity contribution in [3.63, 3.8) is 0 Å². The molecule has 0 aliphatic heterocycles. The molecule has 1 spiro atoms. The number of benzene rings is 9. The summed E-state index contributed by atoms with van der Waals surface area (Å²) < 4.78 is 2.66. The van der Waals surface area contributed by atoms with Gasteiger partial charge >= 0.3 is 0 Å². The summed E-state index contributed by atoms with van der Waals surface area (Å²) in [5.41, 5.74) is 20.0. The van der Waals surface area contributed by atoms with Gasteiger partial charge in [-0.2, -0.15) is 0 Å². The van der Waals surface area contributed by atoms with Gasteiger partial charge in [0, 0.05) is 42.4 Å². The van der Waals surface area contributed by atoms with Crippen LogP contribution in [0.4, 0.5) is 17.1 Å². The predicted molar refractivity (Wildman–Crippen MR) is 265 cm³/mol. The number of rotatable bonds is 5. The first-order valence-electron chi connectivity index (χ1n) is 22.3. The first kappa shape index (κ1) is 36.0. The van der Waals surface area contributed by atoms with E-state index in [0.717, 1.165) is 5.69 Å². The van der Waals surface area contributed by atoms with Gasteiger partial charge in [0.15, 0.2) is 0 Å². The van der Waals surface area contributed by atoms with Crippen LogP contribution in [0.5, 0.6) is 0 Å². The summed E-state index contributed by atoms with van der Waals surface area (Å²) in [5.74, 6) is 0. The molecule has 3 aliphatic rings. The molecule has 62 heavy (non-hydrogen) atoms. The molecule has 0 N–H and O–H groups in total. The van der Waals surface area contributed by atoms with Crippen LogP contribution < -0.4 is 4.90 Å². The van der Waals surface area contributed by atoms with Crippen LogP contribution in [-0.2, 0) is 10.8 Å². The maximum atomic E-state index is 2.56. The largest absolute Gasteiger partial charge is 0.310 e. The average Bonchev–Trinajstić information content (AvgIpc) is 4.09. The van der Waals surface area contributed by atoms with Crippen LogP contribution >= 0.6 is 11.3 Å². The second kappa shape index (κ2) is 13.4. The SMILES string of the molecule is CC1(C)c2ccccc2-c2cccc(-c3ccccc3-c3ccc(N(c4ccc5c(c4)C4(CCCC4)c4ccccc4-5)c4cccc5sc6c7ccccc7ccc6c45)cc3)c21. The lowest BCUT2D eigenvalue weighted by atomic mass is 9.76. The Morgan fingerprint density at radius 1 is 0.452 bits per heavy atom. The Labute approximate surface area is 367 Å². The summed E-state index contributed by atoms with van der Waals surface area (Å²) in [6.07, 6.45) is 4.96. The monoisotopic (exact) mass is 811 g/mol. The van der Waals surface area contributed by atoms with Crippen molar-refractivity contribution in [1.29, 1.82) is 0 Å². The fourth-order valence-electron chi connectivity index (χ4n) is 12.1. The molecule has 0 saturated heterocycles. The number of anilines is 3. The minimum absolute atomic E-state index is 0.0781. The average molecular weight is 812 g/mol. The van der Waals surface area contributed by atoms with E-state index >= 15 is 0 Å². The maximum Gasteiger partial charge on any atom is 0.0554 e. The van der Waals surface area contributed by atoms with Crippen molar-refractivity contribution in [2.75, 3.05) is 4.90 Å². The Morgan fingerprint density at radius 2 is 1.06 bits per heavy atom. The van der Waals surface area contributed by atoms with Gasteiger partial charge in [0.25, 0.3) is 0 Å². The molecule has 0 radical (unpaired) electrons. The van der Waals surface area contributed by atoms with Gasteiger partial charge in [-0.15, -0.1) is 11.3 Å². The second-order valence-electron chi connectivity index (χ2n) is 18.3. The summed E-state index contributed by atoms with van der Waals surface area (Å²) in [7, 11) is 0. The highest BCUT2D eigenvalue weighted by molar-refractivity contribution is 7.26. The fourth-order valence-corrected chi connectivity index (χ4v) is 13.3. The van der Waals surface area contributed by atoms with Crippen molar-refractivity contribution in [3.8, 4) is 44.5 Å². The van der Waals surface area contributed by atoms with Crippen molar-refractivity contribution in [3.05, 3.63) is 210 Å². The number of fused-ring (bicyclic) bond motifs is 13. The highest BCUT2D eigenvalue weighted by Gasteiger charge is 2.45. The van der Waals surface area contributed by atoms with E-state index in [9.17, 15) is 0 Å². The van der Waals surface area contributed by atoms with Gasteiger partial charge in [0.1, 0.15) is 0 Å². The molecular weight excluding hydrogens is 767 g/mol. The van der Waals surface area contributed by atoms with E-state index in [4.69, 9.17) is 0 Å². The van der Waals surface area contributed by atoms with Crippen LogP contribution in [0, 0.1) is 0 Å². The van der Waals surface area contributed by atoms with Gasteiger partial charge in [0.2, 0.25) is 0 Å². The van der Waals surface area contributed by atoms with E-state index in [1.54, 1.807) is 0 Å². The molecule has 0 amide bonds. The normalized spacial score (nSPS) is 15.3. The van der Waals surface area contributed by atoms with E-state index in [1.165, 1.54) is 135 Å². The molecule has 13 rings (SSSR count). The first-order valence-corrected chi connectivity index (χ1v) is 23.1. The van der Waals surface area contributed by atoms with Crippen LogP contribution in [0.2, 0.25) is 0 Å². The minimum Gasteiger partial charge on any atom is -0.310 e. The molecule has 2 heteroatoms. The molecule has 1 aromatic heterocycles. The minimum atomic E-state index is -0.104. The predicted octanol–water partition coefficient (Wildman–Crippen LogP) is 17.2. The zero-order valence-corrected chi connectivity index (χ0v) is 35.9. The number of nitrogens with zero attached hydrogens (tertiary/aromatic N) is 1. The van der Waals surface area contributed by atoms with Gasteiger partial charge in [-0.1, -0.05) is 178 Å². The molecule has 0 unspecified atom stereocenters. The Bertz CT molecular complexity index is 3450. The number of hydrogen-bond acceptors (Lipinski definition) is 2. The molecule has 10 aromatic rings. The standard InChI is InChI=1S/C60H45NS/c1-59(2)51-23-9-7-20-46(51)49-22-13-21-48(57(49)59)44-18-6-5-16-42(44)39-27-30-40(31-28-39)61(41-32-34-47-45-19-8-10-24-52(45)60(53(47)37-41)35-11-12-36-60)54-25-14-26-55-56(54)50-33-29-38-15-3-4-17-43(38)58(50)62-55/h3-10,13-34,37H,11-12,35-36H2,1-2H3. The van der Waals surface area contributed by atoms with E-state index in [1.807, 2.05) is 11.3 Å². The van der Waals surface area contributed by atoms with Crippen LogP contribution in [0.1, 0.15) is 61.8 Å². The second-order valence-corrected chi connectivity index (χ2v) is 19.4. The summed E-state index contributed by atoms with van der Waals surface area (Å²) in [6.45, 7) is 4.78. The van der Waals surface area contributed by atoms with Gasteiger partial charge in [0.05, 0.1) is 5.69 Å². The summed E-state index contributed by atoms with van der Waals surface area (Å²) in [4.78, 5) is 2.55. The summed E-state index contributed by atoms with van der Waals surface area (Å²) in [6, 6.07) is 71.2. The Balaban J connectivity index is 0.993. The van der Waals surface area contributed by atoms with E-state index < -0.39 is 0 Å². The van der Waals surface area contributed by atoms with Crippen molar-refractivity contribution >= 4 is 59.3 Å². The van der Waals surface area contributed by atoms with Crippen LogP contribution in [0.25, 0.3) is 75.5 Å². The molecule has 0 bridgehead atoms. The number of hydrogen-bond donors (Lipinski definition) is 0. The molecule has 0 atom stereocenters. The third kappa shape index (κ3) is 5.02. The third-order valence-corrected chi connectivity index (χ3v) is 16.0. The van der Waals surface area contributed by atoms with Gasteiger partial charge in [-0.3, -0.25) is 0 Å². The zero-order valence-electron chi connectivity index (χ0n) is 35.1. The van der Waals surface area contributed by atoms with Crippen molar-refractivity contribution in [2.45, 2.75) is 50.4 Å². The fraction of sp³-hybridized carbons (Fsp3) is 0.133. The lowest BCUT2D eigenvalue weighted by Crippen LogP contribution is -2.21. The maximum absolute atomic E-state index is 2.56. The van der Waals surface area contributed by atoms with Crippen LogP contribution in [0.15, 0.2) is 188 Å². The molecular formula is C60H45NS. The smallest absolute Gasteiger partial charge is 0.0554 e. The molecule has 296 valence electrons. The summed E-state index contributed by atoms with van der Waals surface area (Å²) in [5, 5.41) is 5.24. The molecule has 1 fully saturated rings. The Morgan fingerprint density at radius 3 is 1.87 bits per heavy atom. The highest BCUT2D eigenvalue weighted by atomic mass is 32.1. The summed E-state index contributed by atoms with van der Waals surface area (Å²) >= 11 is 1.92. The van der Waals surface area contributed by atoms with E-state index in [-0.39, 0.29) is 10.8 Å². The van der Waals surface area contributed by atoms with Crippen molar-refractivity contribution < 1.29 is 0 Å². The lowest BCUT2D eigenvalue weighted by molar-refractivity contribution is 0.550. The number of thiophene rings is 1. The Hall–Kier alpha value is -6.74. The molecule has 1 nitrogen and oxygen atoms in total. The molecule has 1 saturated carbocycles. The van der Waals surface area contributed by atoms with Gasteiger partial charge in [-0.25, -0.2) is 0 Å². The molecule has 1 heterocycles. The van der Waals surface area contributed by atoms with Gasteiger partial charge < -0.3 is 4.90 Å². The third-order valence-electron chi connectivity index (χ3n) is 14.8. The molecule has 3 aliphatic carbocycles. The van der Waals surface area contributed by atoms with E-state index in [2.05, 4.69) is 207 Å². The molecule has 9 aromatic carbocycles. The van der Waals surface area contributed by atoms with Crippen molar-refractivity contribution in [2.24, 2.45) is 0 Å².